The molecule has 5 heteroatoms. The van der Waals surface area contributed by atoms with E-state index in [-0.39, 0.29) is 12.5 Å². The number of amides is 1. The number of hydrogen-bond donors (Lipinski definition) is 1. The maximum atomic E-state index is 13.0. The number of nitrogens with one attached hydrogen (secondary N) is 1. The lowest BCUT2D eigenvalue weighted by Gasteiger charge is -2.34. The molecule has 0 aromatic heterocycles. The van der Waals surface area contributed by atoms with Gasteiger partial charge in [0.2, 0.25) is 4.75 Å². The third-order valence-corrected chi connectivity index (χ3v) is 5.76. The Morgan fingerprint density at radius 3 is 2.72 bits per heavy atom. The van der Waals surface area contributed by atoms with E-state index in [4.69, 9.17) is 4.74 Å². The lowest BCUT2D eigenvalue weighted by atomic mass is 9.93. The molecule has 0 radical (unpaired) electrons. The number of esters is 1. The van der Waals surface area contributed by atoms with Gasteiger partial charge in [-0.15, -0.1) is 0 Å². The van der Waals surface area contributed by atoms with Crippen molar-refractivity contribution in [2.45, 2.75) is 36.8 Å². The zero-order valence-corrected chi connectivity index (χ0v) is 15.4. The van der Waals surface area contributed by atoms with Gasteiger partial charge in [-0.25, -0.2) is 4.79 Å². The lowest BCUT2D eigenvalue weighted by molar-refractivity contribution is -0.148. The number of thioether (sulfide) groups is 1. The van der Waals surface area contributed by atoms with Crippen LogP contribution in [-0.2, 0) is 20.7 Å². The van der Waals surface area contributed by atoms with Gasteiger partial charge in [0.15, 0.2) is 0 Å². The molecule has 1 amide bonds. The second-order valence-corrected chi connectivity index (χ2v) is 7.55. The zero-order valence-electron chi connectivity index (χ0n) is 14.6. The minimum atomic E-state index is -1.32. The molecule has 2 aromatic carbocycles. The Hall–Kier alpha value is -2.27. The van der Waals surface area contributed by atoms with Gasteiger partial charge in [-0.3, -0.25) is 4.79 Å². The van der Waals surface area contributed by atoms with Crippen LogP contribution in [-0.4, -0.2) is 23.2 Å². The van der Waals surface area contributed by atoms with Crippen LogP contribution in [0.3, 0.4) is 0 Å². The smallest absolute Gasteiger partial charge is 0.332 e. The molecule has 1 N–H and O–H groups in total. The van der Waals surface area contributed by atoms with Crippen LogP contribution in [0.25, 0.3) is 0 Å². The molecule has 25 heavy (non-hydrogen) atoms. The zero-order chi connectivity index (χ0) is 18.0. The monoisotopic (exact) mass is 355 g/mol. The third kappa shape index (κ3) is 3.29. The molecule has 0 bridgehead atoms. The fraction of sp³-hybridized carbons (Fsp3) is 0.300. The van der Waals surface area contributed by atoms with Crippen molar-refractivity contribution in [3.05, 3.63) is 59.2 Å². The van der Waals surface area contributed by atoms with Crippen LogP contribution < -0.4 is 5.32 Å². The predicted molar refractivity (Wildman–Crippen MR) is 99.9 cm³/mol. The van der Waals surface area contributed by atoms with E-state index in [0.29, 0.717) is 6.42 Å². The Balaban J connectivity index is 2.07. The van der Waals surface area contributed by atoms with Crippen LogP contribution in [0.15, 0.2) is 47.4 Å². The van der Waals surface area contributed by atoms with E-state index in [1.54, 1.807) is 6.92 Å². The Morgan fingerprint density at radius 1 is 1.20 bits per heavy atom. The molecule has 1 heterocycles. The largest absolute Gasteiger partial charge is 0.465 e. The van der Waals surface area contributed by atoms with Crippen molar-refractivity contribution in [2.24, 2.45) is 0 Å². The predicted octanol–water partition coefficient (Wildman–Crippen LogP) is 3.89. The fourth-order valence-electron chi connectivity index (χ4n) is 2.95. The number of benzene rings is 2. The standard InChI is InChI=1S/C20H21NO3S/c1-4-24-19(23)20(12-15-11-13(2)9-10-14(15)3)18(22)21-16-7-5-6-8-17(16)25-20/h5-11H,4,12H2,1-3H3,(H,21,22). The van der Waals surface area contributed by atoms with Crippen molar-refractivity contribution in [3.8, 4) is 0 Å². The summed E-state index contributed by atoms with van der Waals surface area (Å²) >= 11 is 1.28. The van der Waals surface area contributed by atoms with Crippen LogP contribution in [0.5, 0.6) is 0 Å². The third-order valence-electron chi connectivity index (χ3n) is 4.34. The first kappa shape index (κ1) is 17.5. The molecule has 0 aliphatic carbocycles. The van der Waals surface area contributed by atoms with Crippen LogP contribution in [0, 0.1) is 13.8 Å². The molecule has 3 rings (SSSR count). The summed E-state index contributed by atoms with van der Waals surface area (Å²) in [6, 6.07) is 13.6. The summed E-state index contributed by atoms with van der Waals surface area (Å²) < 4.78 is 3.98. The maximum absolute atomic E-state index is 13.0. The van der Waals surface area contributed by atoms with Gasteiger partial charge in [0.1, 0.15) is 0 Å². The molecule has 2 aromatic rings. The number of anilines is 1. The second kappa shape index (κ2) is 6.92. The highest BCUT2D eigenvalue weighted by Crippen LogP contribution is 2.45. The number of para-hydroxylation sites is 1. The highest BCUT2D eigenvalue weighted by atomic mass is 32.2. The minimum Gasteiger partial charge on any atom is -0.465 e. The van der Waals surface area contributed by atoms with Crippen LogP contribution >= 0.6 is 11.8 Å². The molecular weight excluding hydrogens is 334 g/mol. The van der Waals surface area contributed by atoms with Gasteiger partial charge in [-0.05, 0) is 44.0 Å². The fourth-order valence-corrected chi connectivity index (χ4v) is 4.21. The molecule has 0 saturated carbocycles. The van der Waals surface area contributed by atoms with Gasteiger partial charge in [0, 0.05) is 11.3 Å². The number of aryl methyl sites for hydroxylation is 2. The Kier molecular flexibility index (Phi) is 4.86. The first-order chi connectivity index (χ1) is 12.0. The summed E-state index contributed by atoms with van der Waals surface area (Å²) in [5.74, 6) is -0.816. The summed E-state index contributed by atoms with van der Waals surface area (Å²) in [5.41, 5.74) is 3.87. The van der Waals surface area contributed by atoms with Crippen LogP contribution in [0.2, 0.25) is 0 Å². The van der Waals surface area contributed by atoms with E-state index >= 15 is 0 Å². The average molecular weight is 355 g/mol. The molecule has 0 spiro atoms. The topological polar surface area (TPSA) is 55.4 Å². The SMILES string of the molecule is CCOC(=O)C1(Cc2cc(C)ccc2C)Sc2ccccc2NC1=O. The number of hydrogen-bond acceptors (Lipinski definition) is 4. The van der Waals surface area contributed by atoms with Crippen molar-refractivity contribution in [2.75, 3.05) is 11.9 Å². The number of rotatable bonds is 4. The number of carbonyl (C=O) groups excluding carboxylic acids is 2. The second-order valence-electron chi connectivity index (χ2n) is 6.21. The Morgan fingerprint density at radius 2 is 1.96 bits per heavy atom. The van der Waals surface area contributed by atoms with Gasteiger partial charge in [0.05, 0.1) is 12.3 Å². The number of carbonyl (C=O) groups is 2. The number of ether oxygens (including phenoxy) is 1. The quantitative estimate of drug-likeness (QED) is 0.668. The first-order valence-electron chi connectivity index (χ1n) is 8.29. The van der Waals surface area contributed by atoms with E-state index in [9.17, 15) is 9.59 Å². The molecule has 1 atom stereocenters. The van der Waals surface area contributed by atoms with Crippen molar-refractivity contribution in [1.82, 2.24) is 0 Å². The van der Waals surface area contributed by atoms with Crippen LogP contribution in [0.1, 0.15) is 23.6 Å². The molecule has 1 aliphatic heterocycles. The normalized spacial score (nSPS) is 19.1. The van der Waals surface area contributed by atoms with Crippen molar-refractivity contribution in [1.29, 1.82) is 0 Å². The molecule has 1 aliphatic rings. The van der Waals surface area contributed by atoms with Gasteiger partial charge >= 0.3 is 5.97 Å². The van der Waals surface area contributed by atoms with Gasteiger partial charge in [0.25, 0.3) is 5.91 Å². The summed E-state index contributed by atoms with van der Waals surface area (Å²) in [5, 5.41) is 2.88. The average Bonchev–Trinajstić information content (AvgIpc) is 2.59. The highest BCUT2D eigenvalue weighted by Gasteiger charge is 2.51. The van der Waals surface area contributed by atoms with E-state index in [2.05, 4.69) is 5.32 Å². The number of fused-ring (bicyclic) bond motifs is 1. The van der Waals surface area contributed by atoms with Gasteiger partial charge in [-0.2, -0.15) is 0 Å². The maximum Gasteiger partial charge on any atom is 0.332 e. The summed E-state index contributed by atoms with van der Waals surface area (Å²) in [7, 11) is 0. The van der Waals surface area contributed by atoms with Crippen molar-refractivity contribution in [3.63, 3.8) is 0 Å². The molecule has 4 nitrogen and oxygen atoms in total. The Bertz CT molecular complexity index is 833. The lowest BCUT2D eigenvalue weighted by Crippen LogP contribution is -2.51. The highest BCUT2D eigenvalue weighted by molar-refractivity contribution is 8.02. The van der Waals surface area contributed by atoms with Crippen molar-refractivity contribution >= 4 is 29.3 Å². The van der Waals surface area contributed by atoms with Crippen molar-refractivity contribution < 1.29 is 14.3 Å². The summed E-state index contributed by atoms with van der Waals surface area (Å²) in [6.45, 7) is 5.99. The van der Waals surface area contributed by atoms with Gasteiger partial charge < -0.3 is 10.1 Å². The van der Waals surface area contributed by atoms with E-state index in [1.807, 2.05) is 56.3 Å². The summed E-state index contributed by atoms with van der Waals surface area (Å²) in [4.78, 5) is 26.7. The van der Waals surface area contributed by atoms with E-state index in [1.165, 1.54) is 11.8 Å². The molecule has 0 saturated heterocycles. The first-order valence-corrected chi connectivity index (χ1v) is 9.11. The van der Waals surface area contributed by atoms with Crippen LogP contribution in [0.4, 0.5) is 5.69 Å². The molecule has 1 unspecified atom stereocenters. The Labute approximate surface area is 152 Å². The summed E-state index contributed by atoms with van der Waals surface area (Å²) in [6.07, 6.45) is 0.296. The van der Waals surface area contributed by atoms with Gasteiger partial charge in [-0.1, -0.05) is 47.7 Å². The minimum absolute atomic E-state index is 0.239. The molecular formula is C20H21NO3S. The van der Waals surface area contributed by atoms with E-state index < -0.39 is 10.7 Å². The molecule has 0 fully saturated rings. The van der Waals surface area contributed by atoms with E-state index in [0.717, 1.165) is 27.3 Å². The molecule has 130 valence electrons.